The van der Waals surface area contributed by atoms with E-state index in [1.165, 1.54) is 18.2 Å². The van der Waals surface area contributed by atoms with Crippen molar-refractivity contribution < 1.29 is 9.50 Å². The van der Waals surface area contributed by atoms with Gasteiger partial charge in [0, 0.05) is 5.39 Å². The molecule has 2 rings (SSSR count). The zero-order chi connectivity index (χ0) is 11.0. The van der Waals surface area contributed by atoms with E-state index in [-0.39, 0.29) is 16.5 Å². The number of pyridine rings is 1. The third-order valence-corrected chi connectivity index (χ3v) is 2.08. The van der Waals surface area contributed by atoms with Gasteiger partial charge in [0.05, 0.1) is 11.1 Å². The van der Waals surface area contributed by atoms with Gasteiger partial charge in [0.2, 0.25) is 5.75 Å². The normalized spacial score (nSPS) is 10.1. The molecule has 2 N–H and O–H groups in total. The van der Waals surface area contributed by atoms with Crippen molar-refractivity contribution in [3.63, 3.8) is 0 Å². The van der Waals surface area contributed by atoms with Crippen LogP contribution in [0.1, 0.15) is 5.56 Å². The maximum Gasteiger partial charge on any atom is 0.293 e. The lowest BCUT2D eigenvalue weighted by Crippen LogP contribution is -2.08. The van der Waals surface area contributed by atoms with Crippen molar-refractivity contribution >= 4 is 10.9 Å². The third-order valence-electron chi connectivity index (χ3n) is 2.08. The average molecular weight is 204 g/mol. The zero-order valence-electron chi connectivity index (χ0n) is 7.41. The number of nitrogens with zero attached hydrogens (tertiary/aromatic N) is 1. The van der Waals surface area contributed by atoms with Crippen molar-refractivity contribution in [3.8, 4) is 11.8 Å². The van der Waals surface area contributed by atoms with Crippen LogP contribution in [0, 0.1) is 17.1 Å². The molecule has 0 aliphatic carbocycles. The van der Waals surface area contributed by atoms with Crippen molar-refractivity contribution in [1.29, 1.82) is 5.26 Å². The number of nitriles is 1. The highest BCUT2D eigenvalue weighted by Crippen LogP contribution is 2.22. The van der Waals surface area contributed by atoms with Gasteiger partial charge in [-0.2, -0.15) is 5.26 Å². The van der Waals surface area contributed by atoms with Gasteiger partial charge < -0.3 is 10.1 Å². The van der Waals surface area contributed by atoms with Crippen LogP contribution in [0.25, 0.3) is 10.9 Å². The van der Waals surface area contributed by atoms with Crippen LogP contribution in [-0.4, -0.2) is 10.1 Å². The molecule has 0 atom stereocenters. The van der Waals surface area contributed by atoms with Gasteiger partial charge in [-0.3, -0.25) is 4.79 Å². The van der Waals surface area contributed by atoms with Crippen LogP contribution in [-0.2, 0) is 0 Å². The number of hydrogen-bond donors (Lipinski definition) is 2. The standard InChI is InChI=1S/C10H5FN2O2/c11-7-6-3-1-2-5(4-12)8(6)13-10(15)9(7)14/h1-3,14H,(H,13,15). The van der Waals surface area contributed by atoms with Crippen molar-refractivity contribution in [2.75, 3.05) is 0 Å². The number of aromatic amines is 1. The third kappa shape index (κ3) is 1.23. The molecule has 0 unspecified atom stereocenters. The van der Waals surface area contributed by atoms with Crippen LogP contribution in [0.4, 0.5) is 4.39 Å². The molecular formula is C10H5FN2O2. The summed E-state index contributed by atoms with van der Waals surface area (Å²) in [5.41, 5.74) is -0.688. The number of H-pyrrole nitrogens is 1. The lowest BCUT2D eigenvalue weighted by Gasteiger charge is -2.02. The van der Waals surface area contributed by atoms with Gasteiger partial charge in [-0.1, -0.05) is 6.07 Å². The summed E-state index contributed by atoms with van der Waals surface area (Å²) in [6, 6.07) is 6.13. The Bertz CT molecular complexity index is 640. The predicted octanol–water partition coefficient (Wildman–Crippen LogP) is 1.24. The summed E-state index contributed by atoms with van der Waals surface area (Å²) in [4.78, 5) is 13.3. The number of aromatic nitrogens is 1. The van der Waals surface area contributed by atoms with Gasteiger partial charge in [-0.15, -0.1) is 0 Å². The summed E-state index contributed by atoms with van der Waals surface area (Å²) in [6.07, 6.45) is 0. The number of aromatic hydroxyl groups is 1. The fourth-order valence-corrected chi connectivity index (χ4v) is 1.36. The molecule has 0 spiro atoms. The number of fused-ring (bicyclic) bond motifs is 1. The minimum atomic E-state index is -1.01. The highest BCUT2D eigenvalue weighted by atomic mass is 19.1. The molecule has 1 aromatic carbocycles. The molecule has 0 amide bonds. The molecule has 4 nitrogen and oxygen atoms in total. The first-order chi connectivity index (χ1) is 7.15. The highest BCUT2D eigenvalue weighted by Gasteiger charge is 2.12. The van der Waals surface area contributed by atoms with E-state index in [1.54, 1.807) is 0 Å². The summed E-state index contributed by atoms with van der Waals surface area (Å²) in [5.74, 6) is -1.97. The van der Waals surface area contributed by atoms with E-state index in [0.717, 1.165) is 0 Å². The molecule has 15 heavy (non-hydrogen) atoms. The molecule has 0 aliphatic heterocycles. The maximum atomic E-state index is 13.4. The van der Waals surface area contributed by atoms with E-state index in [0.29, 0.717) is 0 Å². The molecular weight excluding hydrogens is 199 g/mol. The molecule has 2 aromatic rings. The second-order valence-corrected chi connectivity index (χ2v) is 2.96. The smallest absolute Gasteiger partial charge is 0.293 e. The molecule has 74 valence electrons. The van der Waals surface area contributed by atoms with E-state index < -0.39 is 17.1 Å². The molecule has 1 aromatic heterocycles. The topological polar surface area (TPSA) is 76.9 Å². The summed E-state index contributed by atoms with van der Waals surface area (Å²) in [7, 11) is 0. The maximum absolute atomic E-state index is 13.4. The number of nitrogens with one attached hydrogen (secondary N) is 1. The summed E-state index contributed by atoms with van der Waals surface area (Å²) in [5, 5.41) is 17.8. The Morgan fingerprint density at radius 3 is 2.87 bits per heavy atom. The predicted molar refractivity (Wildman–Crippen MR) is 50.9 cm³/mol. The van der Waals surface area contributed by atoms with Gasteiger partial charge in [0.25, 0.3) is 5.56 Å². The lowest BCUT2D eigenvalue weighted by molar-refractivity contribution is 0.428. The summed E-state index contributed by atoms with van der Waals surface area (Å²) in [6.45, 7) is 0. The van der Waals surface area contributed by atoms with Gasteiger partial charge in [-0.05, 0) is 12.1 Å². The van der Waals surface area contributed by atoms with Crippen molar-refractivity contribution in [1.82, 2.24) is 4.98 Å². The van der Waals surface area contributed by atoms with Crippen molar-refractivity contribution in [2.24, 2.45) is 0 Å². The number of benzene rings is 1. The minimum Gasteiger partial charge on any atom is -0.501 e. The van der Waals surface area contributed by atoms with Gasteiger partial charge in [0.1, 0.15) is 6.07 Å². The molecule has 0 aliphatic rings. The Hall–Kier alpha value is -2.35. The van der Waals surface area contributed by atoms with Crippen LogP contribution >= 0.6 is 0 Å². The first-order valence-corrected chi connectivity index (χ1v) is 4.08. The second kappa shape index (κ2) is 3.10. The van der Waals surface area contributed by atoms with Crippen molar-refractivity contribution in [2.45, 2.75) is 0 Å². The second-order valence-electron chi connectivity index (χ2n) is 2.96. The molecule has 0 radical (unpaired) electrons. The SMILES string of the molecule is N#Cc1cccc2c(F)c(O)c(=O)[nH]c12. The molecule has 0 fully saturated rings. The van der Waals surface area contributed by atoms with Crippen molar-refractivity contribution in [3.05, 3.63) is 39.9 Å². The molecule has 5 heteroatoms. The first-order valence-electron chi connectivity index (χ1n) is 4.08. The zero-order valence-corrected chi connectivity index (χ0v) is 7.41. The molecule has 0 saturated heterocycles. The monoisotopic (exact) mass is 204 g/mol. The number of halogens is 1. The van der Waals surface area contributed by atoms with Crippen LogP contribution in [0.2, 0.25) is 0 Å². The van der Waals surface area contributed by atoms with Crippen LogP contribution < -0.4 is 5.56 Å². The highest BCUT2D eigenvalue weighted by molar-refractivity contribution is 5.85. The van der Waals surface area contributed by atoms with Crippen LogP contribution in [0.5, 0.6) is 5.75 Å². The van der Waals surface area contributed by atoms with Gasteiger partial charge in [-0.25, -0.2) is 4.39 Å². The molecule has 0 bridgehead atoms. The largest absolute Gasteiger partial charge is 0.501 e. The summed E-state index contributed by atoms with van der Waals surface area (Å²) < 4.78 is 13.4. The van der Waals surface area contributed by atoms with E-state index in [1.807, 2.05) is 6.07 Å². The Balaban J connectivity index is 3.06. The first kappa shape index (κ1) is 9.21. The van der Waals surface area contributed by atoms with Crippen LogP contribution in [0.3, 0.4) is 0 Å². The Kier molecular flexibility index (Phi) is 1.90. The average Bonchev–Trinajstić information content (AvgIpc) is 2.25. The Morgan fingerprint density at radius 1 is 1.47 bits per heavy atom. The van der Waals surface area contributed by atoms with E-state index in [2.05, 4.69) is 4.98 Å². The molecule has 1 heterocycles. The fourth-order valence-electron chi connectivity index (χ4n) is 1.36. The number of rotatable bonds is 0. The lowest BCUT2D eigenvalue weighted by atomic mass is 10.1. The quantitative estimate of drug-likeness (QED) is 0.677. The Morgan fingerprint density at radius 2 is 2.20 bits per heavy atom. The minimum absolute atomic E-state index is 0.0196. The fraction of sp³-hybridized carbons (Fsp3) is 0. The van der Waals surface area contributed by atoms with E-state index >= 15 is 0 Å². The Labute approximate surface area is 83.2 Å². The summed E-state index contributed by atoms with van der Waals surface area (Å²) >= 11 is 0. The van der Waals surface area contributed by atoms with Gasteiger partial charge >= 0.3 is 0 Å². The van der Waals surface area contributed by atoms with Crippen LogP contribution in [0.15, 0.2) is 23.0 Å². The molecule has 0 saturated carbocycles. The van der Waals surface area contributed by atoms with Gasteiger partial charge in [0.15, 0.2) is 5.82 Å². The number of para-hydroxylation sites is 1. The van der Waals surface area contributed by atoms with E-state index in [9.17, 15) is 9.18 Å². The number of hydrogen-bond acceptors (Lipinski definition) is 3. The van der Waals surface area contributed by atoms with E-state index in [4.69, 9.17) is 10.4 Å².